The summed E-state index contributed by atoms with van der Waals surface area (Å²) in [5.41, 5.74) is 3.01. The Bertz CT molecular complexity index is 715. The van der Waals surface area contributed by atoms with E-state index < -0.39 is 0 Å². The predicted molar refractivity (Wildman–Crippen MR) is 105 cm³/mol. The lowest BCUT2D eigenvalue weighted by molar-refractivity contribution is 0.0425. The molecule has 0 spiro atoms. The topological polar surface area (TPSA) is 32.8 Å². The molecule has 138 valence electrons. The Balaban J connectivity index is 1.54. The first-order valence-corrected chi connectivity index (χ1v) is 9.32. The molecule has 1 unspecified atom stereocenters. The van der Waals surface area contributed by atoms with Crippen LogP contribution < -0.4 is 4.90 Å². The molecule has 0 bridgehead atoms. The van der Waals surface area contributed by atoms with Crippen molar-refractivity contribution in [3.63, 3.8) is 0 Å². The highest BCUT2D eigenvalue weighted by Gasteiger charge is 2.24. The van der Waals surface area contributed by atoms with E-state index in [2.05, 4.69) is 12.1 Å². The molecule has 1 aliphatic heterocycles. The maximum Gasteiger partial charge on any atom is 0.253 e. The third-order valence-corrected chi connectivity index (χ3v) is 4.88. The summed E-state index contributed by atoms with van der Waals surface area (Å²) in [6.45, 7) is 2.95. The zero-order chi connectivity index (χ0) is 18.4. The number of benzene rings is 2. The van der Waals surface area contributed by atoms with Crippen LogP contribution in [-0.4, -0.2) is 44.6 Å². The average molecular weight is 352 g/mol. The van der Waals surface area contributed by atoms with Crippen LogP contribution in [0.5, 0.6) is 0 Å². The number of carbonyl (C=O) groups excluding carboxylic acids is 1. The third kappa shape index (κ3) is 4.85. The number of hydrogen-bond donors (Lipinski definition) is 0. The Kier molecular flexibility index (Phi) is 6.29. The van der Waals surface area contributed by atoms with Gasteiger partial charge in [0.25, 0.3) is 5.91 Å². The van der Waals surface area contributed by atoms with Gasteiger partial charge in [-0.1, -0.05) is 36.4 Å². The molecule has 4 heteroatoms. The van der Waals surface area contributed by atoms with Crippen LogP contribution in [0.1, 0.15) is 28.8 Å². The van der Waals surface area contributed by atoms with E-state index in [-0.39, 0.29) is 5.91 Å². The summed E-state index contributed by atoms with van der Waals surface area (Å²) >= 11 is 0. The molecule has 26 heavy (non-hydrogen) atoms. The molecule has 1 fully saturated rings. The minimum Gasteiger partial charge on any atom is -0.378 e. The number of carbonyl (C=O) groups is 1. The fourth-order valence-electron chi connectivity index (χ4n) is 3.40. The average Bonchev–Trinajstić information content (AvgIpc) is 2.68. The Morgan fingerprint density at radius 3 is 2.73 bits per heavy atom. The standard InChI is InChI=1S/C22H28N2O2/c1-23(2)21-12-6-11-20(14-21)22(25)24-13-7-10-19(15-24)17-26-16-18-8-4-3-5-9-18/h3-6,8-9,11-12,14,19H,7,10,13,15-17H2,1-2H3. The van der Waals surface area contributed by atoms with Gasteiger partial charge in [-0.25, -0.2) is 0 Å². The van der Waals surface area contributed by atoms with Crippen molar-refractivity contribution in [2.75, 3.05) is 38.7 Å². The molecule has 4 nitrogen and oxygen atoms in total. The molecule has 2 aromatic carbocycles. The van der Waals surface area contributed by atoms with Gasteiger partial charge in [-0.2, -0.15) is 0 Å². The van der Waals surface area contributed by atoms with Gasteiger partial charge in [-0.3, -0.25) is 4.79 Å². The van der Waals surface area contributed by atoms with Crippen LogP contribution >= 0.6 is 0 Å². The normalized spacial score (nSPS) is 17.2. The maximum absolute atomic E-state index is 12.9. The van der Waals surface area contributed by atoms with Crippen molar-refractivity contribution in [2.24, 2.45) is 5.92 Å². The number of amides is 1. The zero-order valence-corrected chi connectivity index (χ0v) is 15.7. The van der Waals surface area contributed by atoms with Gasteiger partial charge < -0.3 is 14.5 Å². The van der Waals surface area contributed by atoms with Crippen LogP contribution in [0.2, 0.25) is 0 Å². The molecule has 0 N–H and O–H groups in total. The van der Waals surface area contributed by atoms with Crippen molar-refractivity contribution < 1.29 is 9.53 Å². The van der Waals surface area contributed by atoms with Crippen molar-refractivity contribution in [2.45, 2.75) is 19.4 Å². The Morgan fingerprint density at radius 1 is 1.15 bits per heavy atom. The van der Waals surface area contributed by atoms with Crippen LogP contribution in [0.4, 0.5) is 5.69 Å². The maximum atomic E-state index is 12.9. The first-order valence-electron chi connectivity index (χ1n) is 9.32. The molecule has 1 atom stereocenters. The van der Waals surface area contributed by atoms with Crippen molar-refractivity contribution in [3.8, 4) is 0 Å². The van der Waals surface area contributed by atoms with E-state index in [1.54, 1.807) is 0 Å². The first kappa shape index (κ1) is 18.5. The fraction of sp³-hybridized carbons (Fsp3) is 0.409. The monoisotopic (exact) mass is 352 g/mol. The number of anilines is 1. The summed E-state index contributed by atoms with van der Waals surface area (Å²) in [7, 11) is 3.98. The fourth-order valence-corrected chi connectivity index (χ4v) is 3.40. The molecule has 0 aliphatic carbocycles. The summed E-state index contributed by atoms with van der Waals surface area (Å²) in [6, 6.07) is 18.1. The molecule has 1 heterocycles. The molecule has 0 saturated carbocycles. The van der Waals surface area contributed by atoms with Gasteiger partial charge in [-0.05, 0) is 42.5 Å². The van der Waals surface area contributed by atoms with Crippen molar-refractivity contribution in [1.82, 2.24) is 4.90 Å². The van der Waals surface area contributed by atoms with Crippen molar-refractivity contribution >= 4 is 11.6 Å². The molecule has 3 rings (SSSR count). The van der Waals surface area contributed by atoms with Crippen LogP contribution in [0, 0.1) is 5.92 Å². The van der Waals surface area contributed by atoms with Gasteiger partial charge in [0.05, 0.1) is 13.2 Å². The highest BCUT2D eigenvalue weighted by atomic mass is 16.5. The molecular weight excluding hydrogens is 324 g/mol. The van der Waals surface area contributed by atoms with Crippen LogP contribution in [0.15, 0.2) is 54.6 Å². The summed E-state index contributed by atoms with van der Waals surface area (Å²) in [5, 5.41) is 0. The van der Waals surface area contributed by atoms with Gasteiger partial charge in [-0.15, -0.1) is 0 Å². The zero-order valence-electron chi connectivity index (χ0n) is 15.7. The van der Waals surface area contributed by atoms with Gasteiger partial charge in [0.1, 0.15) is 0 Å². The summed E-state index contributed by atoms with van der Waals surface area (Å²) in [5.74, 6) is 0.537. The SMILES string of the molecule is CN(C)c1cccc(C(=O)N2CCCC(COCc3ccccc3)C2)c1. The third-order valence-electron chi connectivity index (χ3n) is 4.88. The van der Waals surface area contributed by atoms with Crippen LogP contribution in [0.25, 0.3) is 0 Å². The molecule has 0 aromatic heterocycles. The number of hydrogen-bond acceptors (Lipinski definition) is 3. The van der Waals surface area contributed by atoms with Crippen molar-refractivity contribution in [1.29, 1.82) is 0 Å². The predicted octanol–water partition coefficient (Wildman–Crippen LogP) is 3.82. The number of ether oxygens (including phenoxy) is 1. The van der Waals surface area contributed by atoms with E-state index in [1.165, 1.54) is 5.56 Å². The van der Waals surface area contributed by atoms with Gasteiger partial charge in [0.2, 0.25) is 0 Å². The first-order chi connectivity index (χ1) is 12.6. The van der Waals surface area contributed by atoms with Gasteiger partial charge >= 0.3 is 0 Å². The van der Waals surface area contributed by atoms with E-state index in [9.17, 15) is 4.79 Å². The van der Waals surface area contributed by atoms with E-state index in [0.717, 1.165) is 37.2 Å². The Morgan fingerprint density at radius 2 is 1.96 bits per heavy atom. The highest BCUT2D eigenvalue weighted by molar-refractivity contribution is 5.95. The molecule has 0 radical (unpaired) electrons. The van der Waals surface area contributed by atoms with Crippen molar-refractivity contribution in [3.05, 3.63) is 65.7 Å². The Labute approximate surface area is 156 Å². The lowest BCUT2D eigenvalue weighted by atomic mass is 9.98. The van der Waals surface area contributed by atoms with Crippen LogP contribution in [0.3, 0.4) is 0 Å². The highest BCUT2D eigenvalue weighted by Crippen LogP contribution is 2.21. The quantitative estimate of drug-likeness (QED) is 0.792. The molecule has 1 amide bonds. The van der Waals surface area contributed by atoms with Gasteiger partial charge in [0, 0.05) is 38.4 Å². The van der Waals surface area contributed by atoms with Gasteiger partial charge in [0.15, 0.2) is 0 Å². The number of likely N-dealkylation sites (tertiary alicyclic amines) is 1. The molecular formula is C22H28N2O2. The second kappa shape index (κ2) is 8.86. The summed E-state index contributed by atoms with van der Waals surface area (Å²) in [4.78, 5) is 16.9. The Hall–Kier alpha value is -2.33. The van der Waals surface area contributed by atoms with E-state index in [0.29, 0.717) is 19.1 Å². The lowest BCUT2D eigenvalue weighted by Gasteiger charge is -2.33. The van der Waals surface area contributed by atoms with E-state index in [1.807, 2.05) is 66.4 Å². The summed E-state index contributed by atoms with van der Waals surface area (Å²) in [6.07, 6.45) is 2.16. The minimum absolute atomic E-state index is 0.126. The second-order valence-electron chi connectivity index (χ2n) is 7.20. The largest absolute Gasteiger partial charge is 0.378 e. The van der Waals surface area contributed by atoms with E-state index in [4.69, 9.17) is 4.74 Å². The minimum atomic E-state index is 0.126. The number of rotatable bonds is 6. The molecule has 1 aliphatic rings. The second-order valence-corrected chi connectivity index (χ2v) is 7.20. The number of nitrogens with zero attached hydrogens (tertiary/aromatic N) is 2. The van der Waals surface area contributed by atoms with Crippen LogP contribution in [-0.2, 0) is 11.3 Å². The smallest absolute Gasteiger partial charge is 0.253 e. The molecule has 2 aromatic rings. The number of piperidine rings is 1. The molecule has 1 saturated heterocycles. The lowest BCUT2D eigenvalue weighted by Crippen LogP contribution is -2.41. The summed E-state index contributed by atoms with van der Waals surface area (Å²) < 4.78 is 5.90. The van der Waals surface area contributed by atoms with E-state index >= 15 is 0 Å².